The number of phenolic OH excluding ortho intramolecular Hbond substituents is 1. The van der Waals surface area contributed by atoms with E-state index < -0.39 is 0 Å². The zero-order chi connectivity index (χ0) is 14.3. The molecular weight excluding hydrogens is 248 g/mol. The van der Waals surface area contributed by atoms with E-state index in [0.29, 0.717) is 17.7 Å². The molecule has 0 bridgehead atoms. The lowest BCUT2D eigenvalue weighted by Gasteiger charge is -2.28. The van der Waals surface area contributed by atoms with Crippen LogP contribution in [0.15, 0.2) is 6.07 Å². The Morgan fingerprint density at radius 2 is 2.00 bits per heavy atom. The van der Waals surface area contributed by atoms with Gasteiger partial charge in [0.15, 0.2) is 0 Å². The Morgan fingerprint density at radius 1 is 1.30 bits per heavy atom. The maximum absolute atomic E-state index is 10.5. The molecule has 0 amide bonds. The molecule has 3 N–H and O–H groups in total. The van der Waals surface area contributed by atoms with Crippen molar-refractivity contribution in [1.29, 1.82) is 0 Å². The normalized spacial score (nSPS) is 26.8. The van der Waals surface area contributed by atoms with Crippen LogP contribution in [0.2, 0.25) is 0 Å². The molecule has 20 heavy (non-hydrogen) atoms. The van der Waals surface area contributed by atoms with Crippen molar-refractivity contribution >= 4 is 0 Å². The predicted molar refractivity (Wildman–Crippen MR) is 82.0 cm³/mol. The van der Waals surface area contributed by atoms with Crippen molar-refractivity contribution in [3.05, 3.63) is 28.3 Å². The summed E-state index contributed by atoms with van der Waals surface area (Å²) < 4.78 is 0. The molecule has 1 aliphatic carbocycles. The third kappa shape index (κ3) is 2.23. The summed E-state index contributed by atoms with van der Waals surface area (Å²) in [4.78, 5) is 2.37. The molecule has 2 atom stereocenters. The van der Waals surface area contributed by atoms with Gasteiger partial charge in [-0.1, -0.05) is 0 Å². The average Bonchev–Trinajstić information content (AvgIpc) is 2.80. The lowest BCUT2D eigenvalue weighted by molar-refractivity contribution is 0.303. The zero-order valence-electron chi connectivity index (χ0n) is 12.7. The van der Waals surface area contributed by atoms with E-state index in [9.17, 15) is 5.11 Å². The van der Waals surface area contributed by atoms with Gasteiger partial charge in [-0.2, -0.15) is 0 Å². The van der Waals surface area contributed by atoms with Crippen LogP contribution >= 0.6 is 0 Å². The summed E-state index contributed by atoms with van der Waals surface area (Å²) in [7, 11) is 2.16. The van der Waals surface area contributed by atoms with Crippen LogP contribution in [-0.4, -0.2) is 30.1 Å². The van der Waals surface area contributed by atoms with Crippen molar-refractivity contribution in [2.75, 3.05) is 20.1 Å². The van der Waals surface area contributed by atoms with Crippen LogP contribution in [0.5, 0.6) is 5.75 Å². The van der Waals surface area contributed by atoms with Crippen LogP contribution < -0.4 is 5.73 Å². The molecule has 3 rings (SSSR count). The molecule has 0 radical (unpaired) electrons. The molecule has 1 aliphatic heterocycles. The highest BCUT2D eigenvalue weighted by atomic mass is 16.3. The first-order chi connectivity index (χ1) is 9.61. The Labute approximate surface area is 121 Å². The number of likely N-dealkylation sites (tertiary alicyclic amines) is 1. The number of phenols is 1. The van der Waals surface area contributed by atoms with Gasteiger partial charge in [-0.15, -0.1) is 0 Å². The topological polar surface area (TPSA) is 49.5 Å². The lowest BCUT2D eigenvalue weighted by Crippen LogP contribution is -2.22. The van der Waals surface area contributed by atoms with E-state index in [2.05, 4.69) is 18.9 Å². The van der Waals surface area contributed by atoms with Gasteiger partial charge in [-0.25, -0.2) is 0 Å². The molecular formula is C17H26N2O. The second-order valence-corrected chi connectivity index (χ2v) is 6.58. The van der Waals surface area contributed by atoms with Crippen molar-refractivity contribution in [3.63, 3.8) is 0 Å². The van der Waals surface area contributed by atoms with Crippen molar-refractivity contribution in [2.45, 2.75) is 45.1 Å². The van der Waals surface area contributed by atoms with Crippen molar-refractivity contribution in [2.24, 2.45) is 11.7 Å². The molecule has 2 unspecified atom stereocenters. The summed E-state index contributed by atoms with van der Waals surface area (Å²) in [6.07, 6.45) is 5.91. The molecule has 0 spiro atoms. The van der Waals surface area contributed by atoms with Crippen LogP contribution in [0.4, 0.5) is 0 Å². The minimum atomic E-state index is 0.344. The monoisotopic (exact) mass is 274 g/mol. The zero-order valence-corrected chi connectivity index (χ0v) is 12.7. The van der Waals surface area contributed by atoms with Gasteiger partial charge in [0, 0.05) is 18.2 Å². The lowest BCUT2D eigenvalue weighted by atomic mass is 9.82. The van der Waals surface area contributed by atoms with Crippen LogP contribution in [0.1, 0.15) is 47.6 Å². The number of aryl methyl sites for hydroxylation is 1. The van der Waals surface area contributed by atoms with Crippen LogP contribution in [0.25, 0.3) is 0 Å². The number of hydrogen-bond donors (Lipinski definition) is 2. The van der Waals surface area contributed by atoms with E-state index in [1.165, 1.54) is 41.5 Å². The Hall–Kier alpha value is -1.06. The first-order valence-electron chi connectivity index (χ1n) is 7.86. The average molecular weight is 274 g/mol. The summed E-state index contributed by atoms with van der Waals surface area (Å²) in [6, 6.07) is 2.32. The first-order valence-corrected chi connectivity index (χ1v) is 7.86. The number of aromatic hydroxyl groups is 1. The summed E-state index contributed by atoms with van der Waals surface area (Å²) in [5.41, 5.74) is 11.2. The summed E-state index contributed by atoms with van der Waals surface area (Å²) in [5.74, 6) is 1.06. The highest BCUT2D eigenvalue weighted by Crippen LogP contribution is 2.43. The maximum Gasteiger partial charge on any atom is 0.120 e. The van der Waals surface area contributed by atoms with E-state index in [-0.39, 0.29) is 0 Å². The van der Waals surface area contributed by atoms with Gasteiger partial charge in [0.05, 0.1) is 0 Å². The van der Waals surface area contributed by atoms with Crippen molar-refractivity contribution in [3.8, 4) is 5.75 Å². The Balaban J connectivity index is 2.05. The number of nitrogens with two attached hydrogens (primary N) is 1. The minimum Gasteiger partial charge on any atom is -0.508 e. The van der Waals surface area contributed by atoms with Gasteiger partial charge in [0.2, 0.25) is 0 Å². The summed E-state index contributed by atoms with van der Waals surface area (Å²) in [6.45, 7) is 3.92. The molecule has 1 aromatic rings. The fourth-order valence-electron chi connectivity index (χ4n) is 4.15. The molecule has 0 saturated carbocycles. The number of fused-ring (bicyclic) bond motifs is 1. The van der Waals surface area contributed by atoms with E-state index in [0.717, 1.165) is 25.9 Å². The predicted octanol–water partition coefficient (Wildman–Crippen LogP) is 2.53. The fourth-order valence-corrected chi connectivity index (χ4v) is 4.15. The third-order valence-electron chi connectivity index (χ3n) is 5.20. The van der Waals surface area contributed by atoms with E-state index in [1.54, 1.807) is 0 Å². The number of nitrogens with zero attached hydrogens (tertiary/aromatic N) is 1. The Kier molecular flexibility index (Phi) is 3.74. The van der Waals surface area contributed by atoms with Gasteiger partial charge >= 0.3 is 0 Å². The quantitative estimate of drug-likeness (QED) is 0.871. The molecule has 110 valence electrons. The van der Waals surface area contributed by atoms with E-state index in [4.69, 9.17) is 5.73 Å². The number of benzene rings is 1. The molecule has 0 aromatic heterocycles. The smallest absolute Gasteiger partial charge is 0.120 e. The van der Waals surface area contributed by atoms with E-state index in [1.807, 2.05) is 6.07 Å². The van der Waals surface area contributed by atoms with Gasteiger partial charge in [0.25, 0.3) is 0 Å². The van der Waals surface area contributed by atoms with Gasteiger partial charge in [-0.3, -0.25) is 4.90 Å². The second kappa shape index (κ2) is 5.38. The Bertz CT molecular complexity index is 512. The SMILES string of the molecule is Cc1cc(O)c(C2CC(CN)CN2C)c2c1CCCC2. The molecule has 3 heteroatoms. The van der Waals surface area contributed by atoms with Gasteiger partial charge in [-0.05, 0) is 81.3 Å². The summed E-state index contributed by atoms with van der Waals surface area (Å²) in [5, 5.41) is 10.5. The standard InChI is InChI=1S/C17H26N2O/c1-11-7-16(20)17(14-6-4-3-5-13(11)14)15-8-12(9-18)10-19(15)2/h7,12,15,20H,3-6,8-10,18H2,1-2H3. The largest absolute Gasteiger partial charge is 0.508 e. The molecule has 1 fully saturated rings. The van der Waals surface area contributed by atoms with Crippen molar-refractivity contribution < 1.29 is 5.11 Å². The summed E-state index contributed by atoms with van der Waals surface area (Å²) >= 11 is 0. The van der Waals surface area contributed by atoms with Gasteiger partial charge < -0.3 is 10.8 Å². The van der Waals surface area contributed by atoms with E-state index >= 15 is 0 Å². The van der Waals surface area contributed by atoms with Crippen molar-refractivity contribution in [1.82, 2.24) is 4.90 Å². The molecule has 3 nitrogen and oxygen atoms in total. The van der Waals surface area contributed by atoms with Gasteiger partial charge in [0.1, 0.15) is 5.75 Å². The molecule has 1 saturated heterocycles. The van der Waals surface area contributed by atoms with Crippen LogP contribution in [-0.2, 0) is 12.8 Å². The van der Waals surface area contributed by atoms with Crippen LogP contribution in [0, 0.1) is 12.8 Å². The molecule has 1 heterocycles. The molecule has 2 aliphatic rings. The Morgan fingerprint density at radius 3 is 2.65 bits per heavy atom. The first kappa shape index (κ1) is 13.9. The maximum atomic E-state index is 10.5. The number of rotatable bonds is 2. The third-order valence-corrected chi connectivity index (χ3v) is 5.20. The second-order valence-electron chi connectivity index (χ2n) is 6.58. The highest BCUT2D eigenvalue weighted by Gasteiger charge is 2.34. The highest BCUT2D eigenvalue weighted by molar-refractivity contribution is 5.51. The fraction of sp³-hybridized carbons (Fsp3) is 0.647. The molecule has 1 aromatic carbocycles. The van der Waals surface area contributed by atoms with Crippen LogP contribution in [0.3, 0.4) is 0 Å². The number of hydrogen-bond acceptors (Lipinski definition) is 3. The minimum absolute atomic E-state index is 0.344.